The number of primary amides is 1. The van der Waals surface area contributed by atoms with Crippen molar-refractivity contribution < 1.29 is 9.59 Å². The normalized spacial score (nSPS) is 12.1. The third-order valence-electron chi connectivity index (χ3n) is 1.87. The van der Waals surface area contributed by atoms with Gasteiger partial charge in [-0.3, -0.25) is 9.59 Å². The fourth-order valence-electron chi connectivity index (χ4n) is 1.06. The molecule has 0 heterocycles. The first-order chi connectivity index (χ1) is 6.52. The van der Waals surface area contributed by atoms with Gasteiger partial charge in [0.25, 0.3) is 0 Å². The Morgan fingerprint density at radius 1 is 1.14 bits per heavy atom. The first-order valence-corrected chi connectivity index (χ1v) is 4.22. The van der Waals surface area contributed by atoms with Crippen molar-refractivity contribution in [1.82, 2.24) is 0 Å². The largest absolute Gasteiger partial charge is 0.366 e. The first-order valence-electron chi connectivity index (χ1n) is 4.22. The lowest BCUT2D eigenvalue weighted by molar-refractivity contribution is 0.0964. The average Bonchev–Trinajstić information content (AvgIpc) is 2.16. The van der Waals surface area contributed by atoms with Crippen molar-refractivity contribution in [3.63, 3.8) is 0 Å². The predicted octanol–water partition coefficient (Wildman–Crippen LogP) is 0.315. The van der Waals surface area contributed by atoms with E-state index in [-0.39, 0.29) is 5.78 Å². The Kier molecular flexibility index (Phi) is 2.99. The van der Waals surface area contributed by atoms with Gasteiger partial charge >= 0.3 is 0 Å². The van der Waals surface area contributed by atoms with Crippen molar-refractivity contribution in [2.75, 3.05) is 0 Å². The maximum absolute atomic E-state index is 11.4. The maximum Gasteiger partial charge on any atom is 0.248 e. The van der Waals surface area contributed by atoms with Crippen molar-refractivity contribution >= 4 is 11.7 Å². The smallest absolute Gasteiger partial charge is 0.248 e. The molecule has 0 fully saturated rings. The molecule has 14 heavy (non-hydrogen) atoms. The van der Waals surface area contributed by atoms with Crippen LogP contribution in [0.25, 0.3) is 0 Å². The van der Waals surface area contributed by atoms with Crippen LogP contribution in [0.2, 0.25) is 0 Å². The highest BCUT2D eigenvalue weighted by Gasteiger charge is 2.10. The number of hydrogen-bond donors (Lipinski definition) is 2. The Balaban J connectivity index is 2.94. The number of benzene rings is 1. The summed E-state index contributed by atoms with van der Waals surface area (Å²) in [6.45, 7) is 1.62. The summed E-state index contributed by atoms with van der Waals surface area (Å²) in [5, 5.41) is 0. The fraction of sp³-hybridized carbons (Fsp3) is 0.200. The second-order valence-corrected chi connectivity index (χ2v) is 3.09. The van der Waals surface area contributed by atoms with Crippen LogP contribution >= 0.6 is 0 Å². The molecule has 0 aliphatic carbocycles. The highest BCUT2D eigenvalue weighted by Crippen LogP contribution is 2.05. The van der Waals surface area contributed by atoms with Gasteiger partial charge in [-0.2, -0.15) is 0 Å². The molecule has 0 saturated carbocycles. The van der Waals surface area contributed by atoms with E-state index in [0.717, 1.165) is 0 Å². The van der Waals surface area contributed by atoms with E-state index in [9.17, 15) is 9.59 Å². The van der Waals surface area contributed by atoms with Crippen LogP contribution in [0.5, 0.6) is 0 Å². The molecule has 0 saturated heterocycles. The van der Waals surface area contributed by atoms with E-state index in [1.807, 2.05) is 0 Å². The average molecular weight is 192 g/mol. The van der Waals surface area contributed by atoms with Crippen molar-refractivity contribution in [3.8, 4) is 0 Å². The summed E-state index contributed by atoms with van der Waals surface area (Å²) in [5.74, 6) is -0.661. The Bertz CT molecular complexity index is 355. The lowest BCUT2D eigenvalue weighted by Gasteiger charge is -2.04. The SMILES string of the molecule is CC(N)C(=O)c1ccc(C(N)=O)cc1. The minimum atomic E-state index is -0.533. The quantitative estimate of drug-likeness (QED) is 0.676. The summed E-state index contributed by atoms with van der Waals surface area (Å²) in [6.07, 6.45) is 0. The monoisotopic (exact) mass is 192 g/mol. The third-order valence-corrected chi connectivity index (χ3v) is 1.87. The van der Waals surface area contributed by atoms with Crippen molar-refractivity contribution in [1.29, 1.82) is 0 Å². The molecule has 0 aliphatic heterocycles. The molecule has 0 radical (unpaired) electrons. The van der Waals surface area contributed by atoms with Gasteiger partial charge in [-0.05, 0) is 19.1 Å². The van der Waals surface area contributed by atoms with Gasteiger partial charge in [-0.1, -0.05) is 12.1 Å². The summed E-state index contributed by atoms with van der Waals surface area (Å²) in [7, 11) is 0. The molecule has 1 aromatic rings. The van der Waals surface area contributed by atoms with E-state index in [1.54, 1.807) is 19.1 Å². The lowest BCUT2D eigenvalue weighted by atomic mass is 10.0. The van der Waals surface area contributed by atoms with Crippen LogP contribution in [0, 0.1) is 0 Å². The highest BCUT2D eigenvalue weighted by molar-refractivity contribution is 6.01. The van der Waals surface area contributed by atoms with Gasteiger partial charge in [0.15, 0.2) is 5.78 Å². The molecule has 4 N–H and O–H groups in total. The molecule has 0 bridgehead atoms. The topological polar surface area (TPSA) is 86.2 Å². The second-order valence-electron chi connectivity index (χ2n) is 3.09. The zero-order valence-corrected chi connectivity index (χ0v) is 7.86. The summed E-state index contributed by atoms with van der Waals surface area (Å²) >= 11 is 0. The number of rotatable bonds is 3. The van der Waals surface area contributed by atoms with E-state index in [2.05, 4.69) is 0 Å². The summed E-state index contributed by atoms with van der Waals surface area (Å²) in [6, 6.07) is 5.59. The van der Waals surface area contributed by atoms with Crippen LogP contribution in [-0.4, -0.2) is 17.7 Å². The summed E-state index contributed by atoms with van der Waals surface area (Å²) in [5.41, 5.74) is 11.3. The molecule has 0 spiro atoms. The second kappa shape index (κ2) is 4.02. The van der Waals surface area contributed by atoms with Gasteiger partial charge < -0.3 is 11.5 Å². The van der Waals surface area contributed by atoms with Crippen LogP contribution in [0.4, 0.5) is 0 Å². The molecule has 1 atom stereocenters. The van der Waals surface area contributed by atoms with Crippen LogP contribution in [0.15, 0.2) is 24.3 Å². The van der Waals surface area contributed by atoms with Crippen LogP contribution in [0.3, 0.4) is 0 Å². The van der Waals surface area contributed by atoms with E-state index in [0.29, 0.717) is 11.1 Å². The number of Topliss-reactive ketones (excluding diaryl/α,β-unsaturated/α-hetero) is 1. The highest BCUT2D eigenvalue weighted by atomic mass is 16.1. The number of nitrogens with two attached hydrogens (primary N) is 2. The predicted molar refractivity (Wildman–Crippen MR) is 52.9 cm³/mol. The zero-order valence-electron chi connectivity index (χ0n) is 7.86. The van der Waals surface area contributed by atoms with E-state index >= 15 is 0 Å². The Hall–Kier alpha value is -1.68. The minimum Gasteiger partial charge on any atom is -0.366 e. The van der Waals surface area contributed by atoms with Crippen molar-refractivity contribution in [2.45, 2.75) is 13.0 Å². The summed E-state index contributed by atoms with van der Waals surface area (Å²) in [4.78, 5) is 22.1. The van der Waals surface area contributed by atoms with Gasteiger partial charge in [-0.15, -0.1) is 0 Å². The van der Waals surface area contributed by atoms with Crippen molar-refractivity contribution in [2.24, 2.45) is 11.5 Å². The van der Waals surface area contributed by atoms with Crippen LogP contribution in [0.1, 0.15) is 27.6 Å². The molecule has 1 amide bonds. The Labute approximate surface area is 81.9 Å². The summed E-state index contributed by atoms with van der Waals surface area (Å²) < 4.78 is 0. The molecule has 74 valence electrons. The number of carbonyl (C=O) groups excluding carboxylic acids is 2. The third kappa shape index (κ3) is 2.17. The fourth-order valence-corrected chi connectivity index (χ4v) is 1.06. The molecule has 1 unspecified atom stereocenters. The van der Waals surface area contributed by atoms with Gasteiger partial charge in [0.2, 0.25) is 5.91 Å². The van der Waals surface area contributed by atoms with Crippen LogP contribution in [-0.2, 0) is 0 Å². The molecule has 4 heteroatoms. The maximum atomic E-state index is 11.4. The number of amides is 1. The van der Waals surface area contributed by atoms with Crippen molar-refractivity contribution in [3.05, 3.63) is 35.4 Å². The molecule has 1 rings (SSSR count). The molecular weight excluding hydrogens is 180 g/mol. The molecule has 4 nitrogen and oxygen atoms in total. The number of ketones is 1. The van der Waals surface area contributed by atoms with E-state index in [1.165, 1.54) is 12.1 Å². The zero-order chi connectivity index (χ0) is 10.7. The number of carbonyl (C=O) groups is 2. The lowest BCUT2D eigenvalue weighted by Crippen LogP contribution is -2.26. The van der Waals surface area contributed by atoms with Gasteiger partial charge in [-0.25, -0.2) is 0 Å². The molecule has 1 aromatic carbocycles. The van der Waals surface area contributed by atoms with E-state index < -0.39 is 11.9 Å². The standard InChI is InChI=1S/C10H12N2O2/c1-6(11)9(13)7-2-4-8(5-3-7)10(12)14/h2-6H,11H2,1H3,(H2,12,14). The van der Waals surface area contributed by atoms with Gasteiger partial charge in [0.1, 0.15) is 0 Å². The van der Waals surface area contributed by atoms with E-state index in [4.69, 9.17) is 11.5 Å². The molecular formula is C10H12N2O2. The Morgan fingerprint density at radius 2 is 1.57 bits per heavy atom. The van der Waals surface area contributed by atoms with Gasteiger partial charge in [0, 0.05) is 11.1 Å². The van der Waals surface area contributed by atoms with Gasteiger partial charge in [0.05, 0.1) is 6.04 Å². The Morgan fingerprint density at radius 3 is 1.93 bits per heavy atom. The van der Waals surface area contributed by atoms with Crippen LogP contribution < -0.4 is 11.5 Å². The molecule has 0 aliphatic rings. The minimum absolute atomic E-state index is 0.152. The molecule has 0 aromatic heterocycles. The first kappa shape index (κ1) is 10.4. The number of hydrogen-bond acceptors (Lipinski definition) is 3.